The van der Waals surface area contributed by atoms with Crippen LogP contribution in [0, 0.1) is 11.3 Å². The van der Waals surface area contributed by atoms with Gasteiger partial charge in [0, 0.05) is 17.6 Å². The van der Waals surface area contributed by atoms with Crippen molar-refractivity contribution in [2.45, 2.75) is 6.18 Å². The number of nitrogens with two attached hydrogens (primary N) is 1. The Morgan fingerprint density at radius 2 is 1.77 bits per heavy atom. The van der Waals surface area contributed by atoms with Crippen molar-refractivity contribution >= 4 is 34.6 Å². The molecule has 0 saturated carbocycles. The Kier molecular flexibility index (Phi) is 5.75. The number of hydrogen-bond acceptors (Lipinski definition) is 4. The second kappa shape index (κ2) is 7.80. The first-order chi connectivity index (χ1) is 12.2. The first-order valence-electron chi connectivity index (χ1n) is 7.11. The molecule has 0 saturated heterocycles. The van der Waals surface area contributed by atoms with Crippen LogP contribution in [0.4, 0.5) is 30.2 Å². The van der Waals surface area contributed by atoms with Gasteiger partial charge in [0.25, 0.3) is 5.91 Å². The highest BCUT2D eigenvalue weighted by Gasteiger charge is 2.29. The molecule has 5 nitrogen and oxygen atoms in total. The van der Waals surface area contributed by atoms with Gasteiger partial charge in [-0.3, -0.25) is 4.79 Å². The van der Waals surface area contributed by atoms with Gasteiger partial charge in [-0.05, 0) is 42.5 Å². The van der Waals surface area contributed by atoms with Gasteiger partial charge in [-0.25, -0.2) is 0 Å². The highest BCUT2D eigenvalue weighted by atomic mass is 35.5. The van der Waals surface area contributed by atoms with Gasteiger partial charge in [-0.15, -0.1) is 0 Å². The number of benzene rings is 2. The van der Waals surface area contributed by atoms with E-state index >= 15 is 0 Å². The Morgan fingerprint density at radius 3 is 2.31 bits per heavy atom. The Balaban J connectivity index is 2.08. The molecule has 9 heteroatoms. The van der Waals surface area contributed by atoms with Gasteiger partial charge in [-0.1, -0.05) is 11.6 Å². The molecule has 4 N–H and O–H groups in total. The topological polar surface area (TPSA) is 90.9 Å². The molecular formula is C17H12ClF3N4O. The van der Waals surface area contributed by atoms with Gasteiger partial charge in [0.05, 0.1) is 16.3 Å². The molecule has 2 aromatic rings. The Labute approximate surface area is 151 Å². The smallest absolute Gasteiger partial charge is 0.398 e. The zero-order valence-electron chi connectivity index (χ0n) is 13.1. The molecule has 0 aliphatic rings. The number of anilines is 3. The van der Waals surface area contributed by atoms with E-state index in [9.17, 15) is 18.0 Å². The molecule has 0 radical (unpaired) electrons. The first kappa shape index (κ1) is 19.1. The van der Waals surface area contributed by atoms with Crippen LogP contribution in [0.5, 0.6) is 0 Å². The number of hydrogen-bond donors (Lipinski definition) is 3. The van der Waals surface area contributed by atoms with Gasteiger partial charge in [0.2, 0.25) is 0 Å². The lowest BCUT2D eigenvalue weighted by Gasteiger charge is -2.08. The van der Waals surface area contributed by atoms with Crippen LogP contribution in [0.15, 0.2) is 54.2 Å². The van der Waals surface area contributed by atoms with Crippen molar-refractivity contribution in [2.24, 2.45) is 0 Å². The number of carbonyl (C=O) groups excluding carboxylic acids is 1. The summed E-state index contributed by atoms with van der Waals surface area (Å²) in [5.74, 6) is -0.715. The Hall–Kier alpha value is -3.18. The van der Waals surface area contributed by atoms with E-state index in [1.54, 1.807) is 6.07 Å². The van der Waals surface area contributed by atoms with E-state index in [0.717, 1.165) is 18.3 Å². The van der Waals surface area contributed by atoms with E-state index in [4.69, 9.17) is 22.6 Å². The minimum absolute atomic E-state index is 0.244. The lowest BCUT2D eigenvalue weighted by atomic mass is 10.2. The van der Waals surface area contributed by atoms with E-state index < -0.39 is 17.6 Å². The average molecular weight is 381 g/mol. The van der Waals surface area contributed by atoms with Crippen molar-refractivity contribution in [1.82, 2.24) is 0 Å². The molecule has 2 rings (SSSR count). The summed E-state index contributed by atoms with van der Waals surface area (Å²) < 4.78 is 37.5. The Bertz CT molecular complexity index is 886. The van der Waals surface area contributed by atoms with Gasteiger partial charge < -0.3 is 16.4 Å². The zero-order chi connectivity index (χ0) is 19.3. The maximum Gasteiger partial charge on any atom is 0.416 e. The molecule has 0 heterocycles. The van der Waals surface area contributed by atoms with Crippen LogP contribution in [0.3, 0.4) is 0 Å². The fourth-order valence-corrected chi connectivity index (χ4v) is 2.04. The van der Waals surface area contributed by atoms with Crippen LogP contribution in [-0.4, -0.2) is 5.91 Å². The molecule has 0 aliphatic heterocycles. The van der Waals surface area contributed by atoms with Crippen molar-refractivity contribution in [3.8, 4) is 6.07 Å². The van der Waals surface area contributed by atoms with E-state index in [2.05, 4.69) is 10.6 Å². The quantitative estimate of drug-likeness (QED) is 0.416. The van der Waals surface area contributed by atoms with E-state index in [1.807, 2.05) is 0 Å². The molecule has 26 heavy (non-hydrogen) atoms. The van der Waals surface area contributed by atoms with Gasteiger partial charge in [-0.2, -0.15) is 18.4 Å². The first-order valence-corrected chi connectivity index (χ1v) is 7.49. The number of alkyl halides is 3. The summed E-state index contributed by atoms with van der Waals surface area (Å²) in [7, 11) is 0. The second-order valence-corrected chi connectivity index (χ2v) is 5.49. The monoisotopic (exact) mass is 380 g/mol. The number of amides is 1. The summed E-state index contributed by atoms with van der Waals surface area (Å²) in [4.78, 5) is 12.1. The normalized spacial score (nSPS) is 11.6. The molecular weight excluding hydrogens is 369 g/mol. The van der Waals surface area contributed by atoms with Crippen LogP contribution in [0.25, 0.3) is 0 Å². The fourth-order valence-electron chi connectivity index (χ4n) is 1.86. The summed E-state index contributed by atoms with van der Waals surface area (Å²) >= 11 is 5.85. The third kappa shape index (κ3) is 4.91. The van der Waals surface area contributed by atoms with E-state index in [0.29, 0.717) is 11.4 Å². The van der Waals surface area contributed by atoms with Gasteiger partial charge in [0.1, 0.15) is 11.6 Å². The molecule has 0 spiro atoms. The van der Waals surface area contributed by atoms with Crippen LogP contribution in [0.1, 0.15) is 5.56 Å². The summed E-state index contributed by atoms with van der Waals surface area (Å²) in [5.41, 5.74) is 5.45. The summed E-state index contributed by atoms with van der Waals surface area (Å²) in [6.45, 7) is 0. The largest absolute Gasteiger partial charge is 0.416 e. The summed E-state index contributed by atoms with van der Waals surface area (Å²) in [6.07, 6.45) is -3.34. The third-order valence-electron chi connectivity index (χ3n) is 3.22. The predicted molar refractivity (Wildman–Crippen MR) is 93.3 cm³/mol. The molecule has 0 aromatic heterocycles. The number of halogens is 4. The van der Waals surface area contributed by atoms with Crippen LogP contribution in [-0.2, 0) is 11.0 Å². The highest BCUT2D eigenvalue weighted by Crippen LogP contribution is 2.29. The van der Waals surface area contributed by atoms with Gasteiger partial charge in [0.15, 0.2) is 0 Å². The minimum Gasteiger partial charge on any atom is -0.398 e. The number of rotatable bonds is 4. The third-order valence-corrected chi connectivity index (χ3v) is 3.55. The van der Waals surface area contributed by atoms with Crippen molar-refractivity contribution < 1.29 is 18.0 Å². The molecule has 0 aliphatic carbocycles. The van der Waals surface area contributed by atoms with Gasteiger partial charge >= 0.3 is 6.18 Å². The predicted octanol–water partition coefficient (Wildman–Crippen LogP) is 4.40. The lowest BCUT2D eigenvalue weighted by Crippen LogP contribution is -2.14. The molecule has 1 amide bonds. The standard InChI is InChI=1S/C17H12ClF3N4O/c18-14-7-13(5-6-15(14)23)25-16(26)10(8-22)9-24-12-3-1-11(2-4-12)17(19,20)21/h1-7,9,24H,23H2,(H,25,26)/b10-9-. The summed E-state index contributed by atoms with van der Waals surface area (Å²) in [5, 5.41) is 14.4. The van der Waals surface area contributed by atoms with E-state index in [-0.39, 0.29) is 16.3 Å². The number of carbonyl (C=O) groups is 1. The van der Waals surface area contributed by atoms with Crippen LogP contribution < -0.4 is 16.4 Å². The molecule has 0 bridgehead atoms. The SMILES string of the molecule is N#C/C(=C/Nc1ccc(C(F)(F)F)cc1)C(=O)Nc1ccc(N)c(Cl)c1. The molecule has 0 fully saturated rings. The lowest BCUT2D eigenvalue weighted by molar-refractivity contribution is -0.137. The summed E-state index contributed by atoms with van der Waals surface area (Å²) in [6, 6.07) is 10.3. The van der Waals surface area contributed by atoms with Crippen molar-refractivity contribution in [1.29, 1.82) is 5.26 Å². The number of nitrogens with one attached hydrogen (secondary N) is 2. The highest BCUT2D eigenvalue weighted by molar-refractivity contribution is 6.33. The van der Waals surface area contributed by atoms with Crippen molar-refractivity contribution in [2.75, 3.05) is 16.4 Å². The fraction of sp³-hybridized carbons (Fsp3) is 0.0588. The molecule has 0 unspecified atom stereocenters. The molecule has 0 atom stereocenters. The van der Waals surface area contributed by atoms with Crippen LogP contribution in [0.2, 0.25) is 5.02 Å². The van der Waals surface area contributed by atoms with Crippen molar-refractivity contribution in [3.63, 3.8) is 0 Å². The molecule has 134 valence electrons. The number of nitrogen functional groups attached to an aromatic ring is 1. The maximum atomic E-state index is 12.5. The zero-order valence-corrected chi connectivity index (χ0v) is 13.8. The average Bonchev–Trinajstić information content (AvgIpc) is 2.58. The number of nitriles is 1. The van der Waals surface area contributed by atoms with Crippen LogP contribution >= 0.6 is 11.6 Å². The Morgan fingerprint density at radius 1 is 1.15 bits per heavy atom. The van der Waals surface area contributed by atoms with Crippen molar-refractivity contribution in [3.05, 3.63) is 64.8 Å². The minimum atomic E-state index is -4.44. The maximum absolute atomic E-state index is 12.5. The van der Waals surface area contributed by atoms with E-state index in [1.165, 1.54) is 30.3 Å². The molecule has 2 aromatic carbocycles. The number of nitrogens with zero attached hydrogens (tertiary/aromatic N) is 1. The second-order valence-electron chi connectivity index (χ2n) is 5.08.